The van der Waals surface area contributed by atoms with Gasteiger partial charge in [-0.2, -0.15) is 10.1 Å². The van der Waals surface area contributed by atoms with Crippen LogP contribution in [0.4, 0.5) is 17.5 Å². The van der Waals surface area contributed by atoms with Gasteiger partial charge in [0.25, 0.3) is 0 Å². The first kappa shape index (κ1) is 20.1. The van der Waals surface area contributed by atoms with Crippen molar-refractivity contribution < 1.29 is 4.79 Å². The number of aromatic nitrogens is 5. The smallest absolute Gasteiger partial charge is 0.247 e. The highest BCUT2D eigenvalue weighted by Crippen LogP contribution is 2.42. The molecule has 2 saturated carbocycles. The maximum Gasteiger partial charge on any atom is 0.247 e. The standard InChI is InChI=1S/C24H28N8O/c1-14-20-22(31(2)21(18-6-7-18)23(33)29-20)30-24(28-14)26-10-16-11-27-32(13-16)12-15-3-8-19(25-9-15)17-4-5-17/h3,8-9,11,13,17-18,21H,4-7,10,12H2,1-2H3,(H,29,33)(H,26,28,30)/t21-/m0/s1. The minimum Gasteiger partial charge on any atom is -0.350 e. The number of anilines is 3. The Labute approximate surface area is 192 Å². The van der Waals surface area contributed by atoms with E-state index >= 15 is 0 Å². The third kappa shape index (κ3) is 4.03. The van der Waals surface area contributed by atoms with Gasteiger partial charge in [-0.1, -0.05) is 6.07 Å². The summed E-state index contributed by atoms with van der Waals surface area (Å²) in [6.45, 7) is 3.16. The van der Waals surface area contributed by atoms with E-state index < -0.39 is 0 Å². The molecule has 4 heterocycles. The molecule has 0 radical (unpaired) electrons. The first-order chi connectivity index (χ1) is 16.0. The molecule has 2 aliphatic carbocycles. The van der Waals surface area contributed by atoms with Crippen LogP contribution in [-0.4, -0.2) is 43.7 Å². The molecule has 9 nitrogen and oxygen atoms in total. The number of fused-ring (bicyclic) bond motifs is 1. The number of carbonyl (C=O) groups excluding carboxylic acids is 1. The Hall–Kier alpha value is -3.49. The summed E-state index contributed by atoms with van der Waals surface area (Å²) >= 11 is 0. The fraction of sp³-hybridized carbons (Fsp3) is 0.458. The number of aryl methyl sites for hydroxylation is 1. The maximum atomic E-state index is 12.5. The first-order valence-corrected chi connectivity index (χ1v) is 11.7. The zero-order chi connectivity index (χ0) is 22.5. The number of nitrogens with one attached hydrogen (secondary N) is 2. The van der Waals surface area contributed by atoms with Crippen LogP contribution in [0.1, 0.15) is 54.1 Å². The van der Waals surface area contributed by atoms with Crippen molar-refractivity contribution in [1.29, 1.82) is 0 Å². The van der Waals surface area contributed by atoms with Crippen LogP contribution in [0, 0.1) is 12.8 Å². The van der Waals surface area contributed by atoms with Crippen molar-refractivity contribution >= 4 is 23.4 Å². The Morgan fingerprint density at radius 2 is 1.97 bits per heavy atom. The lowest BCUT2D eigenvalue weighted by Gasteiger charge is -2.35. The lowest BCUT2D eigenvalue weighted by Crippen LogP contribution is -2.48. The highest BCUT2D eigenvalue weighted by molar-refractivity contribution is 6.03. The molecule has 0 unspecified atom stereocenters. The van der Waals surface area contributed by atoms with E-state index in [1.807, 2.05) is 42.1 Å². The van der Waals surface area contributed by atoms with Gasteiger partial charge < -0.3 is 15.5 Å². The molecular formula is C24H28N8O. The second-order valence-corrected chi connectivity index (χ2v) is 9.48. The van der Waals surface area contributed by atoms with Gasteiger partial charge in [-0.05, 0) is 50.2 Å². The minimum absolute atomic E-state index is 0.0460. The number of hydrogen-bond donors (Lipinski definition) is 2. The van der Waals surface area contributed by atoms with E-state index in [1.54, 1.807) is 0 Å². The normalized spacial score (nSPS) is 19.9. The largest absolute Gasteiger partial charge is 0.350 e. The van der Waals surface area contributed by atoms with Gasteiger partial charge in [0.2, 0.25) is 11.9 Å². The van der Waals surface area contributed by atoms with Gasteiger partial charge in [-0.25, -0.2) is 4.98 Å². The van der Waals surface area contributed by atoms with Crippen molar-refractivity contribution in [2.45, 2.75) is 57.7 Å². The average Bonchev–Trinajstić information content (AvgIpc) is 3.73. The van der Waals surface area contributed by atoms with Crippen LogP contribution in [0.2, 0.25) is 0 Å². The summed E-state index contributed by atoms with van der Waals surface area (Å²) in [5.41, 5.74) is 4.87. The third-order valence-electron chi connectivity index (χ3n) is 6.73. The molecular weight excluding hydrogens is 416 g/mol. The Kier molecular flexibility index (Phi) is 4.78. The van der Waals surface area contributed by atoms with Crippen LogP contribution in [0.15, 0.2) is 30.7 Å². The summed E-state index contributed by atoms with van der Waals surface area (Å²) in [5.74, 6) is 2.47. The van der Waals surface area contributed by atoms with E-state index in [2.05, 4.69) is 37.8 Å². The molecule has 2 N–H and O–H groups in total. The summed E-state index contributed by atoms with van der Waals surface area (Å²) in [5, 5.41) is 10.8. The van der Waals surface area contributed by atoms with E-state index in [9.17, 15) is 4.79 Å². The SMILES string of the molecule is Cc1nc(NCc2cnn(Cc3ccc(C4CC4)nc3)c2)nc2c1NC(=O)[C@H](C1CC1)N2C. The number of carbonyl (C=O) groups is 1. The fourth-order valence-corrected chi connectivity index (χ4v) is 4.59. The molecule has 0 bridgehead atoms. The molecule has 1 amide bonds. The molecule has 1 aliphatic heterocycles. The molecule has 33 heavy (non-hydrogen) atoms. The van der Waals surface area contributed by atoms with Crippen LogP contribution in [0.25, 0.3) is 0 Å². The molecule has 0 aromatic carbocycles. The van der Waals surface area contributed by atoms with Gasteiger partial charge in [-0.3, -0.25) is 14.5 Å². The lowest BCUT2D eigenvalue weighted by molar-refractivity contribution is -0.118. The Morgan fingerprint density at radius 3 is 2.70 bits per heavy atom. The van der Waals surface area contributed by atoms with Crippen LogP contribution in [0.3, 0.4) is 0 Å². The number of hydrogen-bond acceptors (Lipinski definition) is 7. The molecule has 0 saturated heterocycles. The molecule has 3 aliphatic rings. The van der Waals surface area contributed by atoms with E-state index in [1.165, 1.54) is 18.5 Å². The second-order valence-electron chi connectivity index (χ2n) is 9.48. The maximum absolute atomic E-state index is 12.5. The van der Waals surface area contributed by atoms with Crippen molar-refractivity contribution in [3.8, 4) is 0 Å². The van der Waals surface area contributed by atoms with Gasteiger partial charge in [0.1, 0.15) is 11.7 Å². The van der Waals surface area contributed by atoms with E-state index in [0.29, 0.717) is 36.6 Å². The van der Waals surface area contributed by atoms with Crippen molar-refractivity contribution in [3.05, 3.63) is 53.2 Å². The highest BCUT2D eigenvalue weighted by Gasteiger charge is 2.43. The molecule has 3 aromatic rings. The topological polar surface area (TPSA) is 101 Å². The van der Waals surface area contributed by atoms with Crippen LogP contribution in [0.5, 0.6) is 0 Å². The average molecular weight is 445 g/mol. The summed E-state index contributed by atoms with van der Waals surface area (Å²) in [7, 11) is 1.95. The Balaban J connectivity index is 1.12. The molecule has 6 rings (SSSR count). The molecule has 170 valence electrons. The second kappa shape index (κ2) is 7.83. The van der Waals surface area contributed by atoms with Crippen LogP contribution in [-0.2, 0) is 17.9 Å². The summed E-state index contributed by atoms with van der Waals surface area (Å²) < 4.78 is 1.92. The number of likely N-dealkylation sites (N-methyl/N-ethyl adjacent to an activating group) is 1. The molecule has 3 aromatic heterocycles. The van der Waals surface area contributed by atoms with Gasteiger partial charge in [0, 0.05) is 43.2 Å². The van der Waals surface area contributed by atoms with Crippen LogP contribution >= 0.6 is 0 Å². The molecule has 9 heteroatoms. The predicted molar refractivity (Wildman–Crippen MR) is 125 cm³/mol. The molecule has 2 fully saturated rings. The highest BCUT2D eigenvalue weighted by atomic mass is 16.2. The summed E-state index contributed by atoms with van der Waals surface area (Å²) in [4.78, 5) is 28.4. The van der Waals surface area contributed by atoms with E-state index in [-0.39, 0.29) is 11.9 Å². The van der Waals surface area contributed by atoms with Crippen LogP contribution < -0.4 is 15.5 Å². The van der Waals surface area contributed by atoms with Crippen molar-refractivity contribution in [1.82, 2.24) is 24.7 Å². The van der Waals surface area contributed by atoms with Gasteiger partial charge in [0.05, 0.1) is 18.4 Å². The molecule has 0 spiro atoms. The Morgan fingerprint density at radius 1 is 1.12 bits per heavy atom. The van der Waals surface area contributed by atoms with E-state index in [4.69, 9.17) is 4.98 Å². The van der Waals surface area contributed by atoms with Gasteiger partial charge >= 0.3 is 0 Å². The first-order valence-electron chi connectivity index (χ1n) is 11.7. The van der Waals surface area contributed by atoms with Crippen molar-refractivity contribution in [3.63, 3.8) is 0 Å². The monoisotopic (exact) mass is 444 g/mol. The molecule has 1 atom stereocenters. The zero-order valence-corrected chi connectivity index (χ0v) is 19.0. The van der Waals surface area contributed by atoms with Gasteiger partial charge in [0.15, 0.2) is 5.82 Å². The van der Waals surface area contributed by atoms with E-state index in [0.717, 1.165) is 35.5 Å². The van der Waals surface area contributed by atoms with Gasteiger partial charge in [-0.15, -0.1) is 0 Å². The summed E-state index contributed by atoms with van der Waals surface area (Å²) in [6, 6.07) is 4.14. The fourth-order valence-electron chi connectivity index (χ4n) is 4.59. The quantitative estimate of drug-likeness (QED) is 0.577. The zero-order valence-electron chi connectivity index (χ0n) is 19.0. The number of rotatable bonds is 7. The number of nitrogens with zero attached hydrogens (tertiary/aromatic N) is 6. The Bertz CT molecular complexity index is 1200. The minimum atomic E-state index is -0.147. The number of amides is 1. The van der Waals surface area contributed by atoms with Crippen molar-refractivity contribution in [2.75, 3.05) is 22.6 Å². The predicted octanol–water partition coefficient (Wildman–Crippen LogP) is 3.08. The summed E-state index contributed by atoms with van der Waals surface area (Å²) in [6.07, 6.45) is 10.6. The lowest BCUT2D eigenvalue weighted by atomic mass is 10.1. The van der Waals surface area contributed by atoms with Crippen molar-refractivity contribution in [2.24, 2.45) is 5.92 Å². The third-order valence-corrected chi connectivity index (χ3v) is 6.73. The number of pyridine rings is 1.